The van der Waals surface area contributed by atoms with E-state index in [1.165, 1.54) is 0 Å². The zero-order valence-electron chi connectivity index (χ0n) is 14.2. The van der Waals surface area contributed by atoms with Crippen LogP contribution in [-0.2, 0) is 0 Å². The van der Waals surface area contributed by atoms with Gasteiger partial charge in [-0.2, -0.15) is 0 Å². The normalized spacial score (nSPS) is 19.2. The van der Waals surface area contributed by atoms with E-state index in [1.54, 1.807) is 17.7 Å². The van der Waals surface area contributed by atoms with Gasteiger partial charge in [0.05, 0.1) is 26.6 Å². The molecule has 8 heteroatoms. The molecule has 2 heterocycles. The van der Waals surface area contributed by atoms with Crippen LogP contribution in [0.5, 0.6) is 5.75 Å². The molecule has 0 spiro atoms. The number of thiazole rings is 1. The van der Waals surface area contributed by atoms with Crippen LogP contribution < -0.4 is 15.8 Å². The first-order valence-corrected chi connectivity index (χ1v) is 10.3. The predicted octanol–water partition coefficient (Wildman–Crippen LogP) is 4.61. The van der Waals surface area contributed by atoms with Crippen LogP contribution in [-0.4, -0.2) is 27.1 Å². The number of aromatic nitrogens is 3. The van der Waals surface area contributed by atoms with E-state index in [9.17, 15) is 0 Å². The van der Waals surface area contributed by atoms with Gasteiger partial charge < -0.3 is 15.8 Å². The minimum absolute atomic E-state index is 0.0316. The van der Waals surface area contributed by atoms with Crippen LogP contribution in [0.1, 0.15) is 12.8 Å². The lowest BCUT2D eigenvalue weighted by Crippen LogP contribution is -2.47. The maximum atomic E-state index is 6.21. The second-order valence-electron chi connectivity index (χ2n) is 6.58. The molecule has 1 aliphatic carbocycles. The summed E-state index contributed by atoms with van der Waals surface area (Å²) in [5.41, 5.74) is 10.7. The molecule has 0 unspecified atom stereocenters. The van der Waals surface area contributed by atoms with Gasteiger partial charge in [-0.1, -0.05) is 15.9 Å². The Balaban J connectivity index is 1.58. The summed E-state index contributed by atoms with van der Waals surface area (Å²) in [7, 11) is 0. The quantitative estimate of drug-likeness (QED) is 0.480. The zero-order valence-corrected chi connectivity index (χ0v) is 16.6. The van der Waals surface area contributed by atoms with Crippen LogP contribution in [0.15, 0.2) is 46.6 Å². The average Bonchev–Trinajstić information content (AvgIpc) is 3.12. The summed E-state index contributed by atoms with van der Waals surface area (Å²) in [5.74, 6) is 1.45. The Bertz CT molecular complexity index is 1150. The molecule has 136 valence electrons. The molecule has 0 aliphatic heterocycles. The lowest BCUT2D eigenvalue weighted by Gasteiger charge is -2.34. The molecule has 2 atom stereocenters. The largest absolute Gasteiger partial charge is 0.488 e. The maximum Gasteiger partial charge on any atom is 0.145 e. The Morgan fingerprint density at radius 2 is 2.04 bits per heavy atom. The summed E-state index contributed by atoms with van der Waals surface area (Å²) in [6, 6.07) is 10.1. The van der Waals surface area contributed by atoms with E-state index >= 15 is 0 Å². The van der Waals surface area contributed by atoms with E-state index in [4.69, 9.17) is 10.5 Å². The smallest absolute Gasteiger partial charge is 0.145 e. The van der Waals surface area contributed by atoms with Crippen LogP contribution in [0.3, 0.4) is 0 Å². The number of ether oxygens (including phenoxy) is 1. The fraction of sp³-hybridized carbons (Fsp3) is 0.211. The molecule has 27 heavy (non-hydrogen) atoms. The molecule has 0 bridgehead atoms. The van der Waals surface area contributed by atoms with Crippen molar-refractivity contribution in [3.63, 3.8) is 0 Å². The monoisotopic (exact) mass is 441 g/mol. The second-order valence-corrected chi connectivity index (χ2v) is 8.38. The van der Waals surface area contributed by atoms with E-state index in [1.807, 2.05) is 29.8 Å². The molecule has 1 fully saturated rings. The standard InChI is InChI=1S/C19H16BrN5OS/c20-10-5-14-18(16(6-10)26-15-4-2-12(15)21)19(23-8-22-14)25-11-1-3-13-17(7-11)27-9-24-13/h1,3,5-9,12,15H,2,4,21H2,(H,22,23,25)/t12-,15+/m0/s1. The summed E-state index contributed by atoms with van der Waals surface area (Å²) in [6.07, 6.45) is 3.55. The molecule has 0 amide bonds. The van der Waals surface area contributed by atoms with E-state index in [-0.39, 0.29) is 12.1 Å². The highest BCUT2D eigenvalue weighted by molar-refractivity contribution is 9.10. The number of anilines is 2. The Kier molecular flexibility index (Phi) is 4.18. The molecule has 2 aromatic carbocycles. The van der Waals surface area contributed by atoms with Gasteiger partial charge in [-0.05, 0) is 43.2 Å². The molecular formula is C19H16BrN5OS. The van der Waals surface area contributed by atoms with Crippen molar-refractivity contribution in [2.75, 3.05) is 5.32 Å². The van der Waals surface area contributed by atoms with Gasteiger partial charge in [0.2, 0.25) is 0 Å². The third-order valence-electron chi connectivity index (χ3n) is 4.80. The molecule has 4 aromatic rings. The molecule has 0 saturated heterocycles. The number of benzene rings is 2. The molecule has 6 nitrogen and oxygen atoms in total. The molecule has 2 aromatic heterocycles. The van der Waals surface area contributed by atoms with Crippen LogP contribution >= 0.6 is 27.3 Å². The topological polar surface area (TPSA) is 86.0 Å². The third kappa shape index (κ3) is 3.13. The van der Waals surface area contributed by atoms with Gasteiger partial charge in [0.25, 0.3) is 0 Å². The Morgan fingerprint density at radius 3 is 2.85 bits per heavy atom. The van der Waals surface area contributed by atoms with Gasteiger partial charge in [0.15, 0.2) is 0 Å². The average molecular weight is 442 g/mol. The van der Waals surface area contributed by atoms with Crippen LogP contribution in [0, 0.1) is 0 Å². The van der Waals surface area contributed by atoms with Gasteiger partial charge >= 0.3 is 0 Å². The number of rotatable bonds is 4. The number of nitrogens with zero attached hydrogens (tertiary/aromatic N) is 3. The maximum absolute atomic E-state index is 6.21. The summed E-state index contributed by atoms with van der Waals surface area (Å²) < 4.78 is 8.24. The SMILES string of the molecule is N[C@H]1CC[C@H]1Oc1cc(Br)cc2ncnc(Nc3ccc4ncsc4c3)c12. The molecule has 3 N–H and O–H groups in total. The minimum Gasteiger partial charge on any atom is -0.488 e. The van der Waals surface area contributed by atoms with Gasteiger partial charge in [0, 0.05) is 16.2 Å². The highest BCUT2D eigenvalue weighted by Gasteiger charge is 2.30. The Hall–Kier alpha value is -2.29. The number of halogens is 1. The summed E-state index contributed by atoms with van der Waals surface area (Å²) in [4.78, 5) is 13.2. The van der Waals surface area contributed by atoms with Gasteiger partial charge in [-0.15, -0.1) is 11.3 Å². The Labute approximate surface area is 167 Å². The van der Waals surface area contributed by atoms with Crippen LogP contribution in [0.4, 0.5) is 11.5 Å². The number of hydrogen-bond acceptors (Lipinski definition) is 7. The van der Waals surface area contributed by atoms with E-state index in [0.29, 0.717) is 5.82 Å². The lowest BCUT2D eigenvalue weighted by molar-refractivity contribution is 0.0948. The van der Waals surface area contributed by atoms with Crippen molar-refractivity contribution >= 4 is 59.9 Å². The lowest BCUT2D eigenvalue weighted by atomic mass is 9.90. The predicted molar refractivity (Wildman–Crippen MR) is 112 cm³/mol. The third-order valence-corrected chi connectivity index (χ3v) is 6.05. The molecular weight excluding hydrogens is 426 g/mol. The van der Waals surface area contributed by atoms with Gasteiger partial charge in [0.1, 0.15) is 24.0 Å². The summed E-state index contributed by atoms with van der Waals surface area (Å²) in [6.45, 7) is 0. The molecule has 1 saturated carbocycles. The van der Waals surface area contributed by atoms with Crippen molar-refractivity contribution in [2.45, 2.75) is 25.0 Å². The summed E-state index contributed by atoms with van der Waals surface area (Å²) >= 11 is 5.16. The molecule has 5 rings (SSSR count). The first kappa shape index (κ1) is 16.9. The van der Waals surface area contributed by atoms with Gasteiger partial charge in [-0.3, -0.25) is 0 Å². The van der Waals surface area contributed by atoms with Gasteiger partial charge in [-0.25, -0.2) is 15.0 Å². The minimum atomic E-state index is 0.0316. The van der Waals surface area contributed by atoms with E-state index in [2.05, 4.69) is 42.3 Å². The number of nitrogens with one attached hydrogen (secondary N) is 1. The van der Waals surface area contributed by atoms with Crippen molar-refractivity contribution in [1.29, 1.82) is 0 Å². The van der Waals surface area contributed by atoms with Crippen LogP contribution in [0.25, 0.3) is 21.1 Å². The number of nitrogens with two attached hydrogens (primary N) is 1. The van der Waals surface area contributed by atoms with Crippen molar-refractivity contribution in [1.82, 2.24) is 15.0 Å². The van der Waals surface area contributed by atoms with Crippen molar-refractivity contribution < 1.29 is 4.74 Å². The second kappa shape index (κ2) is 6.70. The zero-order chi connectivity index (χ0) is 18.4. The highest BCUT2D eigenvalue weighted by atomic mass is 79.9. The van der Waals surface area contributed by atoms with Crippen LogP contribution in [0.2, 0.25) is 0 Å². The fourth-order valence-corrected chi connectivity index (χ4v) is 4.32. The van der Waals surface area contributed by atoms with E-state index < -0.39 is 0 Å². The molecule has 1 aliphatic rings. The first-order valence-electron chi connectivity index (χ1n) is 8.64. The first-order chi connectivity index (χ1) is 13.2. The van der Waals surface area contributed by atoms with Crippen molar-refractivity contribution in [3.8, 4) is 5.75 Å². The van der Waals surface area contributed by atoms with Crippen molar-refractivity contribution in [2.24, 2.45) is 5.73 Å². The number of fused-ring (bicyclic) bond motifs is 2. The summed E-state index contributed by atoms with van der Waals surface area (Å²) in [5, 5.41) is 4.26. The fourth-order valence-electron chi connectivity index (χ4n) is 3.18. The Morgan fingerprint density at radius 1 is 1.11 bits per heavy atom. The highest BCUT2D eigenvalue weighted by Crippen LogP contribution is 2.37. The van der Waals surface area contributed by atoms with E-state index in [0.717, 1.165) is 49.9 Å². The number of hydrogen-bond donors (Lipinski definition) is 2. The molecule has 0 radical (unpaired) electrons. The van der Waals surface area contributed by atoms with Crippen molar-refractivity contribution in [3.05, 3.63) is 46.6 Å².